The molecule has 0 aliphatic heterocycles. The zero-order valence-electron chi connectivity index (χ0n) is 16.0. The maximum Gasteiger partial charge on any atom is 0.262 e. The summed E-state index contributed by atoms with van der Waals surface area (Å²) >= 11 is 0. The van der Waals surface area contributed by atoms with Crippen molar-refractivity contribution in [1.82, 2.24) is 19.8 Å². The number of aromatic nitrogens is 4. The lowest BCUT2D eigenvalue weighted by atomic mass is 10.1. The van der Waals surface area contributed by atoms with Crippen molar-refractivity contribution >= 4 is 17.2 Å². The second kappa shape index (κ2) is 7.97. The number of ether oxygens (including phenoxy) is 2. The van der Waals surface area contributed by atoms with Crippen LogP contribution in [-0.4, -0.2) is 39.4 Å². The van der Waals surface area contributed by atoms with Crippen LogP contribution in [0.5, 0.6) is 11.5 Å². The summed E-state index contributed by atoms with van der Waals surface area (Å²) in [6.07, 6.45) is 0. The predicted molar refractivity (Wildman–Crippen MR) is 108 cm³/mol. The van der Waals surface area contributed by atoms with Gasteiger partial charge in [-0.05, 0) is 55.5 Å². The molecule has 0 aliphatic rings. The summed E-state index contributed by atoms with van der Waals surface area (Å²) in [7, 11) is 1.60. The van der Waals surface area contributed by atoms with Gasteiger partial charge in [0.15, 0.2) is 18.1 Å². The van der Waals surface area contributed by atoms with Crippen LogP contribution >= 0.6 is 0 Å². The van der Waals surface area contributed by atoms with Crippen molar-refractivity contribution in [3.8, 4) is 22.8 Å². The highest BCUT2D eigenvalue weighted by atomic mass is 16.5. The van der Waals surface area contributed by atoms with Crippen LogP contribution in [0, 0.1) is 6.92 Å². The zero-order valence-corrected chi connectivity index (χ0v) is 16.0. The van der Waals surface area contributed by atoms with E-state index < -0.39 is 0 Å². The van der Waals surface area contributed by atoms with E-state index in [0.29, 0.717) is 22.9 Å². The number of carbonyl (C=O) groups excluding carboxylic acids is 1. The molecule has 8 nitrogen and oxygen atoms in total. The van der Waals surface area contributed by atoms with Crippen molar-refractivity contribution in [2.75, 3.05) is 19.0 Å². The van der Waals surface area contributed by atoms with Crippen LogP contribution in [0.2, 0.25) is 0 Å². The number of amides is 1. The fourth-order valence-corrected chi connectivity index (χ4v) is 2.82. The Bertz CT molecular complexity index is 1150. The van der Waals surface area contributed by atoms with Crippen molar-refractivity contribution in [3.05, 3.63) is 66.5 Å². The summed E-state index contributed by atoms with van der Waals surface area (Å²) < 4.78 is 12.3. The largest absolute Gasteiger partial charge is 0.497 e. The molecule has 4 rings (SSSR count). The first-order valence-electron chi connectivity index (χ1n) is 8.98. The molecule has 1 amide bonds. The fourth-order valence-electron chi connectivity index (χ4n) is 2.82. The first-order chi connectivity index (χ1) is 14.1. The van der Waals surface area contributed by atoms with Crippen molar-refractivity contribution in [1.29, 1.82) is 0 Å². The number of hydrogen-bond donors (Lipinski definition) is 1. The molecule has 0 spiro atoms. The Hall–Kier alpha value is -3.94. The molecule has 0 bridgehead atoms. The summed E-state index contributed by atoms with van der Waals surface area (Å²) in [6.45, 7) is 1.75. The van der Waals surface area contributed by atoms with E-state index in [9.17, 15) is 4.79 Å². The molecule has 29 heavy (non-hydrogen) atoms. The minimum Gasteiger partial charge on any atom is -0.497 e. The van der Waals surface area contributed by atoms with Crippen molar-refractivity contribution in [3.63, 3.8) is 0 Å². The van der Waals surface area contributed by atoms with E-state index in [2.05, 4.69) is 20.6 Å². The van der Waals surface area contributed by atoms with Crippen LogP contribution in [0.3, 0.4) is 0 Å². The number of methoxy groups -OCH3 is 1. The minimum absolute atomic E-state index is 0.0966. The van der Waals surface area contributed by atoms with Crippen LogP contribution in [0.4, 0.5) is 5.69 Å². The van der Waals surface area contributed by atoms with Gasteiger partial charge in [0, 0.05) is 11.3 Å². The summed E-state index contributed by atoms with van der Waals surface area (Å²) in [5, 5.41) is 15.5. The molecule has 0 fully saturated rings. The lowest BCUT2D eigenvalue weighted by molar-refractivity contribution is -0.118. The second-order valence-electron chi connectivity index (χ2n) is 6.33. The molecule has 0 aliphatic carbocycles. The van der Waals surface area contributed by atoms with Crippen LogP contribution in [-0.2, 0) is 4.79 Å². The molecule has 0 unspecified atom stereocenters. The van der Waals surface area contributed by atoms with Gasteiger partial charge < -0.3 is 14.8 Å². The number of nitrogens with zero attached hydrogens (tertiary/aromatic N) is 4. The first kappa shape index (κ1) is 18.4. The van der Waals surface area contributed by atoms with Crippen molar-refractivity contribution < 1.29 is 14.3 Å². The average Bonchev–Trinajstić information content (AvgIpc) is 3.13. The monoisotopic (exact) mass is 389 g/mol. The summed E-state index contributed by atoms with van der Waals surface area (Å²) in [5.74, 6) is 1.78. The highest BCUT2D eigenvalue weighted by molar-refractivity contribution is 5.92. The first-order valence-corrected chi connectivity index (χ1v) is 8.98. The Balaban J connectivity index is 1.43. The van der Waals surface area contributed by atoms with E-state index in [1.54, 1.807) is 35.9 Å². The molecule has 2 aromatic heterocycles. The minimum atomic E-state index is -0.254. The summed E-state index contributed by atoms with van der Waals surface area (Å²) in [4.78, 5) is 12.2. The van der Waals surface area contributed by atoms with Gasteiger partial charge in [-0.2, -0.15) is 9.61 Å². The fraction of sp³-hybridized carbons (Fsp3) is 0.143. The lowest BCUT2D eigenvalue weighted by Gasteiger charge is -2.09. The maximum atomic E-state index is 12.2. The molecule has 4 aromatic rings. The van der Waals surface area contributed by atoms with Gasteiger partial charge >= 0.3 is 0 Å². The summed E-state index contributed by atoms with van der Waals surface area (Å²) in [5.41, 5.74) is 2.97. The zero-order chi connectivity index (χ0) is 20.2. The molecule has 0 atom stereocenters. The van der Waals surface area contributed by atoms with E-state index >= 15 is 0 Å². The topological polar surface area (TPSA) is 90.6 Å². The predicted octanol–water partition coefficient (Wildman–Crippen LogP) is 3.13. The van der Waals surface area contributed by atoms with E-state index in [1.807, 2.05) is 43.3 Å². The molecule has 2 heterocycles. The lowest BCUT2D eigenvalue weighted by Crippen LogP contribution is -2.20. The molecule has 1 N–H and O–H groups in total. The van der Waals surface area contributed by atoms with E-state index in [-0.39, 0.29) is 12.5 Å². The number of carbonyl (C=O) groups is 1. The van der Waals surface area contributed by atoms with Crippen molar-refractivity contribution in [2.24, 2.45) is 0 Å². The maximum absolute atomic E-state index is 12.2. The van der Waals surface area contributed by atoms with Gasteiger partial charge in [0.25, 0.3) is 5.91 Å². The van der Waals surface area contributed by atoms with Crippen molar-refractivity contribution in [2.45, 2.75) is 6.92 Å². The van der Waals surface area contributed by atoms with Gasteiger partial charge in [-0.15, -0.1) is 10.2 Å². The number of rotatable bonds is 6. The normalized spacial score (nSPS) is 10.7. The molecule has 8 heteroatoms. The smallest absolute Gasteiger partial charge is 0.262 e. The Morgan fingerprint density at radius 2 is 1.83 bits per heavy atom. The molecular formula is C21H19N5O3. The second-order valence-corrected chi connectivity index (χ2v) is 6.33. The Morgan fingerprint density at radius 3 is 2.62 bits per heavy atom. The standard InChI is InChI=1S/C21H19N5O3/c1-14-23-24-20-11-10-19(25-26(14)20)15-4-3-5-16(12-15)22-21(27)13-29-18-8-6-17(28-2)7-9-18/h3-12H,13H2,1-2H3,(H,22,27). The van der Waals surface area contributed by atoms with E-state index in [1.165, 1.54) is 0 Å². The molecule has 2 aromatic carbocycles. The van der Waals surface area contributed by atoms with Gasteiger partial charge in [-0.25, -0.2) is 0 Å². The molecular weight excluding hydrogens is 370 g/mol. The number of anilines is 1. The van der Waals surface area contributed by atoms with Crippen LogP contribution in [0.25, 0.3) is 16.9 Å². The van der Waals surface area contributed by atoms with Crippen LogP contribution in [0.1, 0.15) is 5.82 Å². The van der Waals surface area contributed by atoms with Gasteiger partial charge in [0.1, 0.15) is 11.5 Å². The molecule has 0 saturated carbocycles. The third-order valence-corrected chi connectivity index (χ3v) is 4.29. The quantitative estimate of drug-likeness (QED) is 0.545. The number of hydrogen-bond acceptors (Lipinski definition) is 6. The number of benzene rings is 2. The SMILES string of the molecule is COc1ccc(OCC(=O)Nc2cccc(-c3ccc4nnc(C)n4n3)c2)cc1. The Kier molecular flexibility index (Phi) is 5.07. The van der Waals surface area contributed by atoms with E-state index in [0.717, 1.165) is 17.0 Å². The van der Waals surface area contributed by atoms with Crippen LogP contribution < -0.4 is 14.8 Å². The van der Waals surface area contributed by atoms with Gasteiger partial charge in [0.05, 0.1) is 12.8 Å². The van der Waals surface area contributed by atoms with Gasteiger partial charge in [0.2, 0.25) is 0 Å². The Labute approximate surface area is 167 Å². The van der Waals surface area contributed by atoms with Gasteiger partial charge in [-0.1, -0.05) is 12.1 Å². The van der Waals surface area contributed by atoms with Crippen LogP contribution in [0.15, 0.2) is 60.7 Å². The average molecular weight is 389 g/mol. The highest BCUT2D eigenvalue weighted by Gasteiger charge is 2.08. The number of aryl methyl sites for hydroxylation is 1. The highest BCUT2D eigenvalue weighted by Crippen LogP contribution is 2.21. The Morgan fingerprint density at radius 1 is 1.03 bits per heavy atom. The third-order valence-electron chi connectivity index (χ3n) is 4.29. The number of nitrogens with one attached hydrogen (secondary N) is 1. The van der Waals surface area contributed by atoms with Gasteiger partial charge in [-0.3, -0.25) is 4.79 Å². The number of fused-ring (bicyclic) bond motifs is 1. The molecule has 0 saturated heterocycles. The van der Waals surface area contributed by atoms with E-state index in [4.69, 9.17) is 9.47 Å². The third kappa shape index (κ3) is 4.16. The summed E-state index contributed by atoms with van der Waals surface area (Å²) in [6, 6.07) is 18.3. The molecule has 0 radical (unpaired) electrons. The molecule has 146 valence electrons.